The molecule has 0 aromatic heterocycles. The van der Waals surface area contributed by atoms with Crippen LogP contribution in [0, 0.1) is 5.82 Å². The van der Waals surface area contributed by atoms with Crippen LogP contribution in [0.2, 0.25) is 0 Å². The van der Waals surface area contributed by atoms with Gasteiger partial charge in [-0.05, 0) is 36.0 Å². The summed E-state index contributed by atoms with van der Waals surface area (Å²) in [5.41, 5.74) is 1.04. The third-order valence-corrected chi connectivity index (χ3v) is 4.45. The summed E-state index contributed by atoms with van der Waals surface area (Å²) < 4.78 is 18.3. The number of halogens is 1. The molecule has 0 radical (unpaired) electrons. The van der Waals surface area contributed by atoms with Crippen LogP contribution in [0.4, 0.5) is 4.39 Å². The molecule has 1 aromatic rings. The monoisotopic (exact) mass is 270 g/mol. The Balaban J connectivity index is 1.99. The van der Waals surface area contributed by atoms with Crippen molar-refractivity contribution in [2.75, 3.05) is 13.2 Å². The molecule has 0 spiro atoms. The van der Waals surface area contributed by atoms with Crippen LogP contribution >= 0.6 is 11.8 Å². The zero-order chi connectivity index (χ0) is 13.0. The van der Waals surface area contributed by atoms with E-state index in [0.29, 0.717) is 11.0 Å². The fourth-order valence-corrected chi connectivity index (χ4v) is 3.19. The highest BCUT2D eigenvalue weighted by Crippen LogP contribution is 2.25. The van der Waals surface area contributed by atoms with Crippen molar-refractivity contribution in [3.8, 4) is 0 Å². The molecule has 1 aromatic carbocycles. The topological polar surface area (TPSA) is 49.7 Å². The Morgan fingerprint density at radius 2 is 2.06 bits per heavy atom. The molecular weight excluding hydrogens is 254 g/mol. The molecule has 18 heavy (non-hydrogen) atoms. The highest BCUT2D eigenvalue weighted by Gasteiger charge is 2.19. The second-order valence-electron chi connectivity index (χ2n) is 4.34. The molecule has 0 aliphatic carbocycles. The van der Waals surface area contributed by atoms with Crippen LogP contribution in [0.15, 0.2) is 18.2 Å². The van der Waals surface area contributed by atoms with Crippen LogP contribution in [-0.4, -0.2) is 35.6 Å². The van der Waals surface area contributed by atoms with Crippen molar-refractivity contribution >= 4 is 24.3 Å². The third-order valence-electron chi connectivity index (χ3n) is 3.03. The highest BCUT2D eigenvalue weighted by atomic mass is 32.2. The first-order valence-electron chi connectivity index (χ1n) is 6.00. The fourth-order valence-electron chi connectivity index (χ4n) is 1.99. The standard InChI is InChI=1S/C12H16BFO3S/c14-10-2-1-9(12(7-10)13(15)16)8-18-11-3-5-17-6-4-11/h1-2,7,11,15-16H,3-6,8H2. The normalized spacial score (nSPS) is 16.8. The number of benzene rings is 1. The van der Waals surface area contributed by atoms with Gasteiger partial charge in [-0.2, -0.15) is 11.8 Å². The Kier molecular flexibility index (Phi) is 5.06. The second-order valence-corrected chi connectivity index (χ2v) is 5.63. The van der Waals surface area contributed by atoms with E-state index >= 15 is 0 Å². The van der Waals surface area contributed by atoms with Gasteiger partial charge in [-0.1, -0.05) is 6.07 Å². The molecule has 0 saturated carbocycles. The Bertz CT molecular complexity index is 397. The van der Waals surface area contributed by atoms with Crippen molar-refractivity contribution in [1.82, 2.24) is 0 Å². The van der Waals surface area contributed by atoms with Crippen LogP contribution < -0.4 is 5.46 Å². The van der Waals surface area contributed by atoms with E-state index in [2.05, 4.69) is 0 Å². The molecule has 6 heteroatoms. The van der Waals surface area contributed by atoms with Gasteiger partial charge < -0.3 is 14.8 Å². The molecule has 1 heterocycles. The smallest absolute Gasteiger partial charge is 0.423 e. The van der Waals surface area contributed by atoms with E-state index in [1.807, 2.05) is 0 Å². The first-order chi connectivity index (χ1) is 8.66. The van der Waals surface area contributed by atoms with Gasteiger partial charge in [0.15, 0.2) is 0 Å². The largest absolute Gasteiger partial charge is 0.488 e. The van der Waals surface area contributed by atoms with Crippen LogP contribution in [0.5, 0.6) is 0 Å². The summed E-state index contributed by atoms with van der Waals surface area (Å²) in [6.07, 6.45) is 2.03. The zero-order valence-electron chi connectivity index (χ0n) is 10.0. The minimum atomic E-state index is -1.62. The molecule has 0 bridgehead atoms. The summed E-state index contributed by atoms with van der Waals surface area (Å²) in [4.78, 5) is 0. The molecule has 2 N–H and O–H groups in total. The first-order valence-corrected chi connectivity index (χ1v) is 7.05. The van der Waals surface area contributed by atoms with Crippen molar-refractivity contribution in [2.24, 2.45) is 0 Å². The zero-order valence-corrected chi connectivity index (χ0v) is 10.8. The lowest BCUT2D eigenvalue weighted by Crippen LogP contribution is -2.33. The van der Waals surface area contributed by atoms with Crippen molar-refractivity contribution in [3.63, 3.8) is 0 Å². The molecule has 1 fully saturated rings. The van der Waals surface area contributed by atoms with Gasteiger partial charge in [0.25, 0.3) is 0 Å². The van der Waals surface area contributed by atoms with Crippen LogP contribution in [0.3, 0.4) is 0 Å². The van der Waals surface area contributed by atoms with Gasteiger partial charge in [0, 0.05) is 24.2 Å². The Morgan fingerprint density at radius 3 is 2.72 bits per heavy atom. The maximum atomic E-state index is 13.1. The number of thioether (sulfide) groups is 1. The maximum Gasteiger partial charge on any atom is 0.488 e. The predicted molar refractivity (Wildman–Crippen MR) is 71.4 cm³/mol. The molecule has 2 rings (SSSR count). The number of hydrogen-bond donors (Lipinski definition) is 2. The lowest BCUT2D eigenvalue weighted by molar-refractivity contribution is 0.1000. The van der Waals surface area contributed by atoms with E-state index in [9.17, 15) is 14.4 Å². The summed E-state index contributed by atoms with van der Waals surface area (Å²) in [5, 5.41) is 19.0. The van der Waals surface area contributed by atoms with E-state index in [-0.39, 0.29) is 5.46 Å². The fraction of sp³-hybridized carbons (Fsp3) is 0.500. The molecule has 0 unspecified atom stereocenters. The SMILES string of the molecule is OB(O)c1cc(F)ccc1CSC1CCOCC1. The van der Waals surface area contributed by atoms with Crippen LogP contribution in [-0.2, 0) is 10.5 Å². The number of hydrogen-bond acceptors (Lipinski definition) is 4. The van der Waals surface area contributed by atoms with E-state index in [0.717, 1.165) is 31.6 Å². The summed E-state index contributed by atoms with van der Waals surface area (Å²) in [6, 6.07) is 4.16. The number of rotatable bonds is 4. The molecule has 1 saturated heterocycles. The molecule has 3 nitrogen and oxygen atoms in total. The quantitative estimate of drug-likeness (QED) is 0.799. The molecule has 0 amide bonds. The lowest BCUT2D eigenvalue weighted by Gasteiger charge is -2.22. The van der Waals surface area contributed by atoms with Crippen LogP contribution in [0.25, 0.3) is 0 Å². The molecular formula is C12H16BFO3S. The molecule has 1 aliphatic rings. The first kappa shape index (κ1) is 13.9. The van der Waals surface area contributed by atoms with Gasteiger partial charge in [-0.25, -0.2) is 4.39 Å². The van der Waals surface area contributed by atoms with Crippen molar-refractivity contribution in [2.45, 2.75) is 23.8 Å². The Morgan fingerprint density at radius 1 is 1.33 bits per heavy atom. The van der Waals surface area contributed by atoms with Gasteiger partial charge in [0.1, 0.15) is 5.82 Å². The van der Waals surface area contributed by atoms with E-state index in [1.165, 1.54) is 12.1 Å². The lowest BCUT2D eigenvalue weighted by atomic mass is 9.77. The van der Waals surface area contributed by atoms with Gasteiger partial charge in [-0.3, -0.25) is 0 Å². The van der Waals surface area contributed by atoms with Crippen molar-refractivity contribution < 1.29 is 19.2 Å². The number of ether oxygens (including phenoxy) is 1. The Labute approximate surface area is 110 Å². The predicted octanol–water partition coefficient (Wildman–Crippen LogP) is 0.918. The van der Waals surface area contributed by atoms with Crippen LogP contribution in [0.1, 0.15) is 18.4 Å². The second kappa shape index (κ2) is 6.56. The maximum absolute atomic E-state index is 13.1. The van der Waals surface area contributed by atoms with Crippen molar-refractivity contribution in [1.29, 1.82) is 0 Å². The van der Waals surface area contributed by atoms with E-state index in [1.54, 1.807) is 17.8 Å². The van der Waals surface area contributed by atoms with Gasteiger partial charge in [-0.15, -0.1) is 0 Å². The van der Waals surface area contributed by atoms with Crippen molar-refractivity contribution in [3.05, 3.63) is 29.6 Å². The minimum Gasteiger partial charge on any atom is -0.423 e. The van der Waals surface area contributed by atoms with E-state index in [4.69, 9.17) is 4.74 Å². The Hall–Kier alpha value is -0.555. The minimum absolute atomic E-state index is 0.259. The molecule has 98 valence electrons. The molecule has 0 atom stereocenters. The highest BCUT2D eigenvalue weighted by molar-refractivity contribution is 7.99. The van der Waals surface area contributed by atoms with E-state index < -0.39 is 12.9 Å². The van der Waals surface area contributed by atoms with Gasteiger partial charge >= 0.3 is 7.12 Å². The average Bonchev–Trinajstić information content (AvgIpc) is 2.38. The molecule has 1 aliphatic heterocycles. The third kappa shape index (κ3) is 3.72. The summed E-state index contributed by atoms with van der Waals surface area (Å²) >= 11 is 1.76. The van der Waals surface area contributed by atoms with Gasteiger partial charge in [0.05, 0.1) is 0 Å². The summed E-state index contributed by atoms with van der Waals surface area (Å²) in [5.74, 6) is 0.218. The van der Waals surface area contributed by atoms with Gasteiger partial charge in [0.2, 0.25) is 0 Å². The summed E-state index contributed by atoms with van der Waals surface area (Å²) in [6.45, 7) is 1.58. The summed E-state index contributed by atoms with van der Waals surface area (Å²) in [7, 11) is -1.62. The average molecular weight is 270 g/mol.